The van der Waals surface area contributed by atoms with Gasteiger partial charge in [-0.3, -0.25) is 4.79 Å². The first-order valence-corrected chi connectivity index (χ1v) is 10.0. The van der Waals surface area contributed by atoms with Gasteiger partial charge < -0.3 is 15.5 Å². The van der Waals surface area contributed by atoms with Gasteiger partial charge in [0.15, 0.2) is 0 Å². The lowest BCUT2D eigenvalue weighted by Gasteiger charge is -2.35. The number of piperidine rings is 1. The molecular formula is C21H31N3O2. The second-order valence-electron chi connectivity index (χ2n) is 7.81. The highest BCUT2D eigenvalue weighted by atomic mass is 16.2. The highest BCUT2D eigenvalue weighted by Crippen LogP contribution is 2.25. The van der Waals surface area contributed by atoms with Crippen molar-refractivity contribution in [1.82, 2.24) is 15.5 Å². The van der Waals surface area contributed by atoms with Crippen LogP contribution in [0.5, 0.6) is 0 Å². The van der Waals surface area contributed by atoms with Crippen molar-refractivity contribution in [2.24, 2.45) is 11.8 Å². The standard InChI is InChI=1S/C21H31N3O2/c1-16-8-5-6-12-19(16)23-20(25)18-11-7-13-24(15-18)21(26)22-14-17-9-3-2-4-10-17/h2-4,9-10,16,18-19H,5-8,11-15H2,1H3,(H,22,26)(H,23,25)/t16-,18+,19+/m1/s1. The first-order chi connectivity index (χ1) is 12.6. The Balaban J connectivity index is 1.48. The lowest BCUT2D eigenvalue weighted by molar-refractivity contribution is -0.127. The van der Waals surface area contributed by atoms with Crippen molar-refractivity contribution in [3.8, 4) is 0 Å². The van der Waals surface area contributed by atoms with Crippen molar-refractivity contribution in [2.75, 3.05) is 13.1 Å². The summed E-state index contributed by atoms with van der Waals surface area (Å²) in [5, 5.41) is 6.23. The molecule has 1 aliphatic carbocycles. The average Bonchev–Trinajstić information content (AvgIpc) is 2.69. The van der Waals surface area contributed by atoms with E-state index >= 15 is 0 Å². The van der Waals surface area contributed by atoms with Crippen LogP contribution in [0.2, 0.25) is 0 Å². The summed E-state index contributed by atoms with van der Waals surface area (Å²) in [4.78, 5) is 26.9. The number of nitrogens with zero attached hydrogens (tertiary/aromatic N) is 1. The number of nitrogens with one attached hydrogen (secondary N) is 2. The monoisotopic (exact) mass is 357 g/mol. The average molecular weight is 357 g/mol. The Kier molecular flexibility index (Phi) is 6.53. The third-order valence-electron chi connectivity index (χ3n) is 5.81. The van der Waals surface area contributed by atoms with Crippen molar-refractivity contribution in [3.63, 3.8) is 0 Å². The van der Waals surface area contributed by atoms with Gasteiger partial charge in [-0.15, -0.1) is 0 Å². The van der Waals surface area contributed by atoms with Gasteiger partial charge in [0.25, 0.3) is 0 Å². The second-order valence-corrected chi connectivity index (χ2v) is 7.81. The van der Waals surface area contributed by atoms with E-state index < -0.39 is 0 Å². The van der Waals surface area contributed by atoms with E-state index in [-0.39, 0.29) is 17.9 Å². The maximum absolute atomic E-state index is 12.7. The number of hydrogen-bond acceptors (Lipinski definition) is 2. The number of likely N-dealkylation sites (tertiary alicyclic amines) is 1. The molecule has 0 spiro atoms. The highest BCUT2D eigenvalue weighted by Gasteiger charge is 2.31. The number of amides is 3. The normalized spacial score (nSPS) is 26.2. The van der Waals surface area contributed by atoms with E-state index in [0.717, 1.165) is 31.4 Å². The van der Waals surface area contributed by atoms with E-state index in [9.17, 15) is 9.59 Å². The molecule has 0 aromatic heterocycles. The molecule has 3 rings (SSSR count). The zero-order valence-corrected chi connectivity index (χ0v) is 15.7. The van der Waals surface area contributed by atoms with Crippen molar-refractivity contribution in [3.05, 3.63) is 35.9 Å². The lowest BCUT2D eigenvalue weighted by atomic mass is 9.85. The summed E-state index contributed by atoms with van der Waals surface area (Å²) in [6, 6.07) is 10.1. The highest BCUT2D eigenvalue weighted by molar-refractivity contribution is 5.81. The van der Waals surface area contributed by atoms with Crippen molar-refractivity contribution < 1.29 is 9.59 Å². The summed E-state index contributed by atoms with van der Waals surface area (Å²) in [7, 11) is 0. The van der Waals surface area contributed by atoms with Gasteiger partial charge in [0.2, 0.25) is 5.91 Å². The van der Waals surface area contributed by atoms with Crippen molar-refractivity contribution in [2.45, 2.75) is 58.0 Å². The number of carbonyl (C=O) groups is 2. The van der Waals surface area contributed by atoms with Crippen LogP contribution < -0.4 is 10.6 Å². The molecule has 0 radical (unpaired) electrons. The smallest absolute Gasteiger partial charge is 0.317 e. The number of benzene rings is 1. The number of rotatable bonds is 4. The van der Waals surface area contributed by atoms with Crippen LogP contribution in [0, 0.1) is 11.8 Å². The quantitative estimate of drug-likeness (QED) is 0.868. The maximum Gasteiger partial charge on any atom is 0.317 e. The molecule has 3 amide bonds. The molecule has 1 aliphatic heterocycles. The van der Waals surface area contributed by atoms with Gasteiger partial charge in [-0.05, 0) is 37.2 Å². The number of urea groups is 1. The second kappa shape index (κ2) is 9.06. The van der Waals surface area contributed by atoms with Gasteiger partial charge in [-0.2, -0.15) is 0 Å². The zero-order valence-electron chi connectivity index (χ0n) is 15.7. The fraction of sp³-hybridized carbons (Fsp3) is 0.619. The topological polar surface area (TPSA) is 61.4 Å². The Morgan fingerprint density at radius 1 is 1.08 bits per heavy atom. The van der Waals surface area contributed by atoms with E-state index in [1.54, 1.807) is 4.90 Å². The molecular weight excluding hydrogens is 326 g/mol. The Morgan fingerprint density at radius 2 is 1.85 bits per heavy atom. The fourth-order valence-corrected chi connectivity index (χ4v) is 4.09. The third-order valence-corrected chi connectivity index (χ3v) is 5.81. The van der Waals surface area contributed by atoms with Gasteiger partial charge in [0.1, 0.15) is 0 Å². The predicted octanol–water partition coefficient (Wildman–Crippen LogP) is 3.30. The minimum Gasteiger partial charge on any atom is -0.353 e. The van der Waals surface area contributed by atoms with Crippen LogP contribution >= 0.6 is 0 Å². The Morgan fingerprint density at radius 3 is 2.62 bits per heavy atom. The Labute approximate surface area is 156 Å². The molecule has 2 fully saturated rings. The van der Waals surface area contributed by atoms with Crippen LogP contribution in [0.4, 0.5) is 4.79 Å². The molecule has 1 saturated heterocycles. The van der Waals surface area contributed by atoms with E-state index in [2.05, 4.69) is 17.6 Å². The fourth-order valence-electron chi connectivity index (χ4n) is 4.09. The summed E-state index contributed by atoms with van der Waals surface area (Å²) in [5.41, 5.74) is 1.08. The van der Waals surface area contributed by atoms with Crippen molar-refractivity contribution in [1.29, 1.82) is 0 Å². The maximum atomic E-state index is 12.7. The molecule has 2 N–H and O–H groups in total. The number of carbonyl (C=O) groups excluding carboxylic acids is 2. The van der Waals surface area contributed by atoms with Gasteiger partial charge in [0.05, 0.1) is 5.92 Å². The molecule has 0 bridgehead atoms. The van der Waals surface area contributed by atoms with Crippen molar-refractivity contribution >= 4 is 11.9 Å². The summed E-state index contributed by atoms with van der Waals surface area (Å²) >= 11 is 0. The molecule has 5 nitrogen and oxygen atoms in total. The van der Waals surface area contributed by atoms with Gasteiger partial charge >= 0.3 is 6.03 Å². The van der Waals surface area contributed by atoms with Crippen LogP contribution in [0.1, 0.15) is 51.0 Å². The summed E-state index contributed by atoms with van der Waals surface area (Å²) < 4.78 is 0. The van der Waals surface area contributed by atoms with E-state index in [0.29, 0.717) is 25.0 Å². The predicted molar refractivity (Wildman–Crippen MR) is 103 cm³/mol. The molecule has 5 heteroatoms. The lowest BCUT2D eigenvalue weighted by Crippen LogP contribution is -2.51. The largest absolute Gasteiger partial charge is 0.353 e. The van der Waals surface area contributed by atoms with Crippen LogP contribution in [-0.2, 0) is 11.3 Å². The Bertz CT molecular complexity index is 605. The van der Waals surface area contributed by atoms with Crippen LogP contribution in [-0.4, -0.2) is 36.0 Å². The molecule has 3 atom stereocenters. The molecule has 0 unspecified atom stereocenters. The Hall–Kier alpha value is -2.04. The van der Waals surface area contributed by atoms with Gasteiger partial charge in [-0.25, -0.2) is 4.79 Å². The van der Waals surface area contributed by atoms with E-state index in [1.807, 2.05) is 30.3 Å². The molecule has 1 saturated carbocycles. The van der Waals surface area contributed by atoms with E-state index in [4.69, 9.17) is 0 Å². The number of hydrogen-bond donors (Lipinski definition) is 2. The van der Waals surface area contributed by atoms with E-state index in [1.165, 1.54) is 19.3 Å². The first kappa shape index (κ1) is 18.7. The summed E-state index contributed by atoms with van der Waals surface area (Å²) in [5.74, 6) is 0.603. The first-order valence-electron chi connectivity index (χ1n) is 10.0. The molecule has 1 aromatic rings. The molecule has 142 valence electrons. The third kappa shape index (κ3) is 4.99. The zero-order chi connectivity index (χ0) is 18.4. The summed E-state index contributed by atoms with van der Waals surface area (Å²) in [6.45, 7) is 4.00. The molecule has 1 aromatic carbocycles. The van der Waals surface area contributed by atoms with Crippen LogP contribution in [0.3, 0.4) is 0 Å². The SMILES string of the molecule is C[C@@H]1CCCC[C@@H]1NC(=O)[C@H]1CCCN(C(=O)NCc2ccccc2)C1. The minimum atomic E-state index is -0.0830. The minimum absolute atomic E-state index is 0.0719. The summed E-state index contributed by atoms with van der Waals surface area (Å²) in [6.07, 6.45) is 6.51. The molecule has 2 aliphatic rings. The molecule has 26 heavy (non-hydrogen) atoms. The van der Waals surface area contributed by atoms with Gasteiger partial charge in [-0.1, -0.05) is 50.1 Å². The van der Waals surface area contributed by atoms with Crippen LogP contribution in [0.15, 0.2) is 30.3 Å². The van der Waals surface area contributed by atoms with Crippen LogP contribution in [0.25, 0.3) is 0 Å². The molecule has 1 heterocycles. The van der Waals surface area contributed by atoms with Gasteiger partial charge in [0, 0.05) is 25.7 Å².